The molecule has 1 unspecified atom stereocenters. The predicted octanol–water partition coefficient (Wildman–Crippen LogP) is 3.26. The monoisotopic (exact) mass is 323 g/mol. The quantitative estimate of drug-likeness (QED) is 0.837. The number of hydrogen-bond acceptors (Lipinski definition) is 3. The first-order valence-electron chi connectivity index (χ1n) is 7.98. The zero-order chi connectivity index (χ0) is 15.4. The van der Waals surface area contributed by atoms with Crippen LogP contribution in [0.4, 0.5) is 4.39 Å². The maximum atomic E-state index is 13.9. The number of amides is 1. The zero-order valence-corrected chi connectivity index (χ0v) is 13.5. The van der Waals surface area contributed by atoms with Gasteiger partial charge in [0.15, 0.2) is 0 Å². The van der Waals surface area contributed by atoms with Gasteiger partial charge in [-0.15, -0.1) is 0 Å². The molecule has 0 saturated carbocycles. The molecule has 0 bridgehead atoms. The number of nitrogens with zero attached hydrogens (tertiary/aromatic N) is 1. The van der Waals surface area contributed by atoms with Crippen molar-refractivity contribution in [3.63, 3.8) is 0 Å². The molecule has 3 rings (SSSR count). The van der Waals surface area contributed by atoms with Gasteiger partial charge >= 0.3 is 0 Å². The van der Waals surface area contributed by atoms with Crippen LogP contribution in [0.5, 0.6) is 0 Å². The van der Waals surface area contributed by atoms with Gasteiger partial charge < -0.3 is 9.64 Å². The van der Waals surface area contributed by atoms with Crippen LogP contribution in [0, 0.1) is 11.7 Å². The SMILES string of the molecule is O=C(C1CCOCC1)N1CCSC(c2ccccc2F)CC1. The number of rotatable bonds is 2. The molecule has 2 fully saturated rings. The Balaban J connectivity index is 1.62. The predicted molar refractivity (Wildman–Crippen MR) is 86.3 cm³/mol. The largest absolute Gasteiger partial charge is 0.381 e. The first kappa shape index (κ1) is 15.8. The van der Waals surface area contributed by atoms with Crippen molar-refractivity contribution in [1.29, 1.82) is 0 Å². The third-order valence-corrected chi connectivity index (χ3v) is 5.79. The van der Waals surface area contributed by atoms with E-state index in [1.54, 1.807) is 17.8 Å². The van der Waals surface area contributed by atoms with Crippen molar-refractivity contribution in [3.05, 3.63) is 35.6 Å². The van der Waals surface area contributed by atoms with Gasteiger partial charge in [-0.3, -0.25) is 4.79 Å². The van der Waals surface area contributed by atoms with Gasteiger partial charge in [-0.2, -0.15) is 11.8 Å². The summed E-state index contributed by atoms with van der Waals surface area (Å²) in [6, 6.07) is 6.99. The molecule has 2 heterocycles. The minimum Gasteiger partial charge on any atom is -0.381 e. The van der Waals surface area contributed by atoms with Crippen LogP contribution < -0.4 is 0 Å². The van der Waals surface area contributed by atoms with Crippen LogP contribution in [0.15, 0.2) is 24.3 Å². The molecule has 0 spiro atoms. The molecule has 1 amide bonds. The summed E-state index contributed by atoms with van der Waals surface area (Å²) < 4.78 is 19.3. The second-order valence-corrected chi connectivity index (χ2v) is 7.19. The topological polar surface area (TPSA) is 29.5 Å². The Kier molecular flexibility index (Phi) is 5.37. The van der Waals surface area contributed by atoms with Crippen molar-refractivity contribution in [2.24, 2.45) is 5.92 Å². The molecule has 0 N–H and O–H groups in total. The Morgan fingerprint density at radius 1 is 1.18 bits per heavy atom. The third-order valence-electron chi connectivity index (χ3n) is 4.48. The van der Waals surface area contributed by atoms with Crippen molar-refractivity contribution in [2.75, 3.05) is 32.1 Å². The molecule has 120 valence electrons. The second-order valence-electron chi connectivity index (χ2n) is 5.88. The number of ether oxygens (including phenoxy) is 1. The Hall–Kier alpha value is -1.07. The van der Waals surface area contributed by atoms with Gasteiger partial charge in [-0.05, 0) is 25.3 Å². The molecule has 1 aromatic rings. The van der Waals surface area contributed by atoms with E-state index in [9.17, 15) is 9.18 Å². The minimum absolute atomic E-state index is 0.115. The van der Waals surface area contributed by atoms with E-state index in [-0.39, 0.29) is 22.9 Å². The molecular formula is C17H22FNO2S. The average Bonchev–Trinajstić information content (AvgIpc) is 2.81. The van der Waals surface area contributed by atoms with Crippen molar-refractivity contribution in [2.45, 2.75) is 24.5 Å². The number of hydrogen-bond donors (Lipinski definition) is 0. The van der Waals surface area contributed by atoms with Crippen LogP contribution in [0.1, 0.15) is 30.1 Å². The van der Waals surface area contributed by atoms with Crippen LogP contribution in [0.25, 0.3) is 0 Å². The van der Waals surface area contributed by atoms with Gasteiger partial charge in [0, 0.05) is 48.8 Å². The van der Waals surface area contributed by atoms with Gasteiger partial charge in [-0.25, -0.2) is 4.39 Å². The smallest absolute Gasteiger partial charge is 0.225 e. The molecule has 1 atom stereocenters. The maximum absolute atomic E-state index is 13.9. The van der Waals surface area contributed by atoms with E-state index in [1.165, 1.54) is 6.07 Å². The van der Waals surface area contributed by atoms with Gasteiger partial charge in [-0.1, -0.05) is 18.2 Å². The molecular weight excluding hydrogens is 301 g/mol. The highest BCUT2D eigenvalue weighted by Gasteiger charge is 2.29. The summed E-state index contributed by atoms with van der Waals surface area (Å²) in [6.07, 6.45) is 2.49. The van der Waals surface area contributed by atoms with Crippen molar-refractivity contribution >= 4 is 17.7 Å². The Bertz CT molecular complexity index is 519. The van der Waals surface area contributed by atoms with Gasteiger partial charge in [0.2, 0.25) is 5.91 Å². The lowest BCUT2D eigenvalue weighted by Gasteiger charge is -2.28. The molecule has 2 aliphatic heterocycles. The molecule has 22 heavy (non-hydrogen) atoms. The summed E-state index contributed by atoms with van der Waals surface area (Å²) >= 11 is 1.76. The molecule has 0 radical (unpaired) electrons. The normalized spacial score (nSPS) is 24.0. The summed E-state index contributed by atoms with van der Waals surface area (Å²) in [5, 5.41) is 0.147. The van der Waals surface area contributed by atoms with Crippen LogP contribution in [-0.4, -0.2) is 42.9 Å². The van der Waals surface area contributed by atoms with E-state index < -0.39 is 0 Å². The summed E-state index contributed by atoms with van der Waals surface area (Å²) in [5.41, 5.74) is 0.771. The molecule has 0 aliphatic carbocycles. The number of carbonyl (C=O) groups excluding carboxylic acids is 1. The van der Waals surface area contributed by atoms with E-state index >= 15 is 0 Å². The molecule has 2 saturated heterocycles. The molecule has 3 nitrogen and oxygen atoms in total. The fourth-order valence-corrected chi connectivity index (χ4v) is 4.43. The van der Waals surface area contributed by atoms with Crippen LogP contribution in [0.3, 0.4) is 0 Å². The highest BCUT2D eigenvalue weighted by molar-refractivity contribution is 7.99. The van der Waals surface area contributed by atoms with Crippen molar-refractivity contribution in [3.8, 4) is 0 Å². The van der Waals surface area contributed by atoms with E-state index in [4.69, 9.17) is 4.74 Å². The van der Waals surface area contributed by atoms with Crippen molar-refractivity contribution in [1.82, 2.24) is 4.90 Å². The molecule has 5 heteroatoms. The Morgan fingerprint density at radius 2 is 1.95 bits per heavy atom. The number of carbonyl (C=O) groups is 1. The third kappa shape index (κ3) is 3.63. The van der Waals surface area contributed by atoms with Crippen LogP contribution >= 0.6 is 11.8 Å². The van der Waals surface area contributed by atoms with Crippen molar-refractivity contribution < 1.29 is 13.9 Å². The van der Waals surface area contributed by atoms with E-state index in [0.29, 0.717) is 13.2 Å². The lowest BCUT2D eigenvalue weighted by atomic mass is 9.98. The van der Waals surface area contributed by atoms with Gasteiger partial charge in [0.1, 0.15) is 5.82 Å². The number of benzene rings is 1. The van der Waals surface area contributed by atoms with Gasteiger partial charge in [0.05, 0.1) is 0 Å². The lowest BCUT2D eigenvalue weighted by molar-refractivity contribution is -0.138. The van der Waals surface area contributed by atoms with Crippen LogP contribution in [-0.2, 0) is 9.53 Å². The lowest BCUT2D eigenvalue weighted by Crippen LogP contribution is -2.39. The first-order valence-corrected chi connectivity index (χ1v) is 9.03. The summed E-state index contributed by atoms with van der Waals surface area (Å²) in [6.45, 7) is 2.88. The Labute approximate surface area is 135 Å². The standard InChI is InChI=1S/C17H22FNO2S/c18-15-4-2-1-3-14(15)16-5-8-19(9-12-22-16)17(20)13-6-10-21-11-7-13/h1-4,13,16H,5-12H2. The van der Waals surface area contributed by atoms with E-state index in [0.717, 1.165) is 43.7 Å². The van der Waals surface area contributed by atoms with E-state index in [2.05, 4.69) is 0 Å². The van der Waals surface area contributed by atoms with E-state index in [1.807, 2.05) is 17.0 Å². The summed E-state index contributed by atoms with van der Waals surface area (Å²) in [5.74, 6) is 1.11. The molecule has 1 aromatic carbocycles. The minimum atomic E-state index is -0.135. The summed E-state index contributed by atoms with van der Waals surface area (Å²) in [7, 11) is 0. The summed E-state index contributed by atoms with van der Waals surface area (Å²) in [4.78, 5) is 14.6. The molecule has 2 aliphatic rings. The number of thioether (sulfide) groups is 1. The molecule has 0 aromatic heterocycles. The first-order chi connectivity index (χ1) is 10.8. The average molecular weight is 323 g/mol. The van der Waals surface area contributed by atoms with Gasteiger partial charge in [0.25, 0.3) is 0 Å². The van der Waals surface area contributed by atoms with Crippen LogP contribution in [0.2, 0.25) is 0 Å². The maximum Gasteiger partial charge on any atom is 0.225 e. The highest BCUT2D eigenvalue weighted by atomic mass is 32.2. The zero-order valence-electron chi connectivity index (χ0n) is 12.7. The fourth-order valence-electron chi connectivity index (χ4n) is 3.18. The number of halogens is 1. The second kappa shape index (κ2) is 7.47. The fraction of sp³-hybridized carbons (Fsp3) is 0.588. The highest BCUT2D eigenvalue weighted by Crippen LogP contribution is 2.36. The Morgan fingerprint density at radius 3 is 2.73 bits per heavy atom.